The molecule has 0 saturated carbocycles. The zero-order valence-corrected chi connectivity index (χ0v) is 13.6. The summed E-state index contributed by atoms with van der Waals surface area (Å²) in [6, 6.07) is 0. The summed E-state index contributed by atoms with van der Waals surface area (Å²) >= 11 is 0. The average molecular weight is 307 g/mol. The highest BCUT2D eigenvalue weighted by Gasteiger charge is 2.32. The Morgan fingerprint density at radius 1 is 1.00 bits per heavy atom. The second kappa shape index (κ2) is 7.44. The van der Waals surface area contributed by atoms with Crippen molar-refractivity contribution in [3.63, 3.8) is 0 Å². The molecule has 0 aliphatic carbocycles. The van der Waals surface area contributed by atoms with Crippen LogP contribution in [0.2, 0.25) is 0 Å². The van der Waals surface area contributed by atoms with E-state index in [2.05, 4.69) is 5.32 Å². The number of carbonyl (C=O) groups excluding carboxylic acids is 2. The zero-order valence-electron chi connectivity index (χ0n) is 13.6. The Morgan fingerprint density at radius 3 is 2.41 bits per heavy atom. The van der Waals surface area contributed by atoms with E-state index in [-0.39, 0.29) is 11.8 Å². The quantitative estimate of drug-likeness (QED) is 0.835. The lowest BCUT2D eigenvalue weighted by Crippen LogP contribution is -2.44. The van der Waals surface area contributed by atoms with Crippen LogP contribution in [-0.4, -0.2) is 60.9 Å². The number of likely N-dealkylation sites (tertiary alicyclic amines) is 2. The smallest absolute Gasteiger partial charge is 0.242 e. The molecule has 22 heavy (non-hydrogen) atoms. The summed E-state index contributed by atoms with van der Waals surface area (Å²) in [7, 11) is 0. The molecular weight excluding hydrogens is 278 g/mol. The second-order valence-electron chi connectivity index (χ2n) is 7.12. The Morgan fingerprint density at radius 2 is 1.68 bits per heavy atom. The number of hydrogen-bond acceptors (Lipinski definition) is 3. The molecule has 5 nitrogen and oxygen atoms in total. The van der Waals surface area contributed by atoms with Crippen LogP contribution in [0.4, 0.5) is 0 Å². The van der Waals surface area contributed by atoms with Gasteiger partial charge in [-0.15, -0.1) is 0 Å². The molecule has 124 valence electrons. The van der Waals surface area contributed by atoms with Crippen LogP contribution in [0.25, 0.3) is 0 Å². The summed E-state index contributed by atoms with van der Waals surface area (Å²) in [5, 5.41) is 3.46. The van der Waals surface area contributed by atoms with E-state index < -0.39 is 0 Å². The Hall–Kier alpha value is -1.10. The topological polar surface area (TPSA) is 52.7 Å². The number of rotatable bonds is 2. The Kier molecular flexibility index (Phi) is 5.34. The highest BCUT2D eigenvalue weighted by Crippen LogP contribution is 2.27. The first-order valence-corrected chi connectivity index (χ1v) is 9.00. The van der Waals surface area contributed by atoms with E-state index in [0.717, 1.165) is 76.7 Å². The molecule has 3 fully saturated rings. The lowest BCUT2D eigenvalue weighted by Gasteiger charge is -2.28. The molecule has 3 aliphatic rings. The Labute approximate surface area is 133 Å². The van der Waals surface area contributed by atoms with E-state index in [0.29, 0.717) is 13.0 Å². The van der Waals surface area contributed by atoms with Crippen molar-refractivity contribution in [2.75, 3.05) is 39.3 Å². The fourth-order valence-electron chi connectivity index (χ4n) is 4.11. The normalized spacial score (nSPS) is 30.5. The monoisotopic (exact) mass is 307 g/mol. The van der Waals surface area contributed by atoms with Gasteiger partial charge in [-0.05, 0) is 50.6 Å². The predicted octanol–water partition coefficient (Wildman–Crippen LogP) is 1.24. The number of amides is 2. The molecule has 0 unspecified atom stereocenters. The van der Waals surface area contributed by atoms with Crippen LogP contribution in [0, 0.1) is 11.8 Å². The first-order valence-electron chi connectivity index (χ1n) is 9.00. The molecule has 0 bridgehead atoms. The van der Waals surface area contributed by atoms with E-state index in [1.807, 2.05) is 4.90 Å². The summed E-state index contributed by atoms with van der Waals surface area (Å²) in [6.07, 6.45) is 7.17. The minimum absolute atomic E-state index is 0.154. The van der Waals surface area contributed by atoms with Crippen LogP contribution in [0.5, 0.6) is 0 Å². The van der Waals surface area contributed by atoms with Crippen molar-refractivity contribution in [3.05, 3.63) is 0 Å². The molecule has 3 saturated heterocycles. The van der Waals surface area contributed by atoms with Crippen LogP contribution in [0.3, 0.4) is 0 Å². The first-order chi connectivity index (χ1) is 10.7. The largest absolute Gasteiger partial charge is 0.341 e. The zero-order chi connectivity index (χ0) is 15.4. The fourth-order valence-corrected chi connectivity index (χ4v) is 4.11. The molecule has 0 aromatic rings. The molecular formula is C17H29N3O2. The molecule has 0 aromatic carbocycles. The first kappa shape index (κ1) is 15.8. The summed E-state index contributed by atoms with van der Waals surface area (Å²) in [6.45, 7) is 5.00. The second-order valence-corrected chi connectivity index (χ2v) is 7.12. The third kappa shape index (κ3) is 3.80. The van der Waals surface area contributed by atoms with Gasteiger partial charge in [0.2, 0.25) is 11.8 Å². The number of carbonyl (C=O) groups is 2. The van der Waals surface area contributed by atoms with Crippen LogP contribution in [0.15, 0.2) is 0 Å². The lowest BCUT2D eigenvalue weighted by molar-refractivity contribution is -0.141. The maximum Gasteiger partial charge on any atom is 0.242 e. The van der Waals surface area contributed by atoms with Gasteiger partial charge in [-0.1, -0.05) is 12.8 Å². The van der Waals surface area contributed by atoms with E-state index >= 15 is 0 Å². The maximum atomic E-state index is 12.6. The molecule has 1 N–H and O–H groups in total. The maximum absolute atomic E-state index is 12.6. The number of fused-ring (bicyclic) bond motifs is 1. The van der Waals surface area contributed by atoms with Gasteiger partial charge < -0.3 is 15.1 Å². The number of nitrogens with one attached hydrogen (secondary N) is 1. The van der Waals surface area contributed by atoms with Crippen molar-refractivity contribution in [1.82, 2.24) is 15.1 Å². The molecule has 5 heteroatoms. The van der Waals surface area contributed by atoms with E-state index in [4.69, 9.17) is 0 Å². The van der Waals surface area contributed by atoms with E-state index in [1.54, 1.807) is 4.90 Å². The highest BCUT2D eigenvalue weighted by atomic mass is 16.2. The van der Waals surface area contributed by atoms with Crippen molar-refractivity contribution in [2.24, 2.45) is 11.8 Å². The molecule has 3 aliphatic heterocycles. The Balaban J connectivity index is 1.53. The molecule has 2 atom stereocenters. The summed E-state index contributed by atoms with van der Waals surface area (Å²) in [5.74, 6) is 1.80. The van der Waals surface area contributed by atoms with Gasteiger partial charge in [0.25, 0.3) is 0 Å². The van der Waals surface area contributed by atoms with Gasteiger partial charge in [-0.25, -0.2) is 0 Å². The van der Waals surface area contributed by atoms with Crippen LogP contribution in [-0.2, 0) is 9.59 Å². The van der Waals surface area contributed by atoms with Crippen LogP contribution >= 0.6 is 0 Å². The van der Waals surface area contributed by atoms with Crippen molar-refractivity contribution in [2.45, 2.75) is 44.9 Å². The third-order valence-electron chi connectivity index (χ3n) is 5.62. The van der Waals surface area contributed by atoms with Crippen LogP contribution in [0.1, 0.15) is 44.9 Å². The van der Waals surface area contributed by atoms with Gasteiger partial charge in [-0.2, -0.15) is 0 Å². The molecule has 0 radical (unpaired) electrons. The van der Waals surface area contributed by atoms with Gasteiger partial charge in [0, 0.05) is 26.1 Å². The van der Waals surface area contributed by atoms with Crippen molar-refractivity contribution < 1.29 is 9.59 Å². The van der Waals surface area contributed by atoms with Crippen LogP contribution < -0.4 is 5.32 Å². The molecule has 3 heterocycles. The standard InChI is InChI=1S/C17H29N3O2/c21-16-5-3-1-2-4-8-20(16)13-17(22)19-9-6-14-11-18-12-15(14)7-10-19/h14-15,18H,1-13H2/t14-,15+. The molecule has 0 spiro atoms. The summed E-state index contributed by atoms with van der Waals surface area (Å²) in [5.41, 5.74) is 0. The van der Waals surface area contributed by atoms with Gasteiger partial charge in [-0.3, -0.25) is 9.59 Å². The van der Waals surface area contributed by atoms with Crippen molar-refractivity contribution >= 4 is 11.8 Å². The minimum Gasteiger partial charge on any atom is -0.341 e. The van der Waals surface area contributed by atoms with E-state index in [1.165, 1.54) is 6.42 Å². The Bertz CT molecular complexity index is 399. The number of hydrogen-bond donors (Lipinski definition) is 1. The van der Waals surface area contributed by atoms with Gasteiger partial charge in [0.1, 0.15) is 0 Å². The SMILES string of the molecule is O=C(CN1CCCCCCC1=O)N1CC[C@@H]2CNC[C@@H]2CC1. The van der Waals surface area contributed by atoms with Crippen molar-refractivity contribution in [1.29, 1.82) is 0 Å². The lowest BCUT2D eigenvalue weighted by atomic mass is 9.92. The predicted molar refractivity (Wildman–Crippen MR) is 85.3 cm³/mol. The molecule has 2 amide bonds. The minimum atomic E-state index is 0.154. The van der Waals surface area contributed by atoms with Crippen molar-refractivity contribution in [3.8, 4) is 0 Å². The summed E-state index contributed by atoms with van der Waals surface area (Å²) < 4.78 is 0. The summed E-state index contributed by atoms with van der Waals surface area (Å²) in [4.78, 5) is 28.6. The van der Waals surface area contributed by atoms with Gasteiger partial charge in [0.05, 0.1) is 6.54 Å². The van der Waals surface area contributed by atoms with E-state index in [9.17, 15) is 9.59 Å². The van der Waals surface area contributed by atoms with Gasteiger partial charge >= 0.3 is 0 Å². The van der Waals surface area contributed by atoms with Gasteiger partial charge in [0.15, 0.2) is 0 Å². The highest BCUT2D eigenvalue weighted by molar-refractivity contribution is 5.84. The average Bonchev–Trinajstić information content (AvgIpc) is 2.85. The number of nitrogens with zero attached hydrogens (tertiary/aromatic N) is 2. The molecule has 3 rings (SSSR count). The molecule has 0 aromatic heterocycles. The third-order valence-corrected chi connectivity index (χ3v) is 5.62. The fraction of sp³-hybridized carbons (Fsp3) is 0.882.